The molecule has 0 aliphatic rings. The van der Waals surface area contributed by atoms with E-state index in [1.54, 1.807) is 12.3 Å². The fraction of sp³-hybridized carbons (Fsp3) is 0.300. The number of aromatic nitrogens is 5. The van der Waals surface area contributed by atoms with Crippen LogP contribution in [0.15, 0.2) is 39.3 Å². The maximum atomic E-state index is 12.2. The monoisotopic (exact) mass is 472 g/mol. The Morgan fingerprint density at radius 3 is 2.94 bits per heavy atom. The van der Waals surface area contributed by atoms with Crippen LogP contribution in [0.3, 0.4) is 0 Å². The third-order valence-electron chi connectivity index (χ3n) is 4.22. The van der Waals surface area contributed by atoms with E-state index in [1.807, 2.05) is 24.3 Å². The lowest BCUT2D eigenvalue weighted by atomic mass is 10.3. The molecule has 4 aromatic rings. The lowest BCUT2D eigenvalue weighted by Crippen LogP contribution is -2.14. The molecule has 32 heavy (non-hydrogen) atoms. The normalized spacial score (nSPS) is 11.0. The maximum Gasteiger partial charge on any atom is 0.311 e. The summed E-state index contributed by atoms with van der Waals surface area (Å²) in [7, 11) is 0. The Hall–Kier alpha value is -3.25. The van der Waals surface area contributed by atoms with Gasteiger partial charge in [-0.2, -0.15) is 0 Å². The molecule has 0 saturated carbocycles. The summed E-state index contributed by atoms with van der Waals surface area (Å²) in [5, 5.41) is 13.2. The lowest BCUT2D eigenvalue weighted by molar-refractivity contribution is -0.142. The molecule has 10 nitrogen and oxygen atoms in total. The number of carbonyl (C=O) groups is 2. The first-order valence-electron chi connectivity index (χ1n) is 9.87. The number of hydrogen-bond donors (Lipinski definition) is 2. The van der Waals surface area contributed by atoms with Crippen molar-refractivity contribution < 1.29 is 18.7 Å². The van der Waals surface area contributed by atoms with Crippen LogP contribution >= 0.6 is 23.1 Å². The summed E-state index contributed by atoms with van der Waals surface area (Å²) in [5.74, 6) is 0.825. The Bertz CT molecular complexity index is 1180. The number of thiazole rings is 1. The van der Waals surface area contributed by atoms with Gasteiger partial charge in [0.1, 0.15) is 5.82 Å². The minimum atomic E-state index is -0.348. The second kappa shape index (κ2) is 10.4. The Labute approximate surface area is 191 Å². The number of benzene rings is 1. The fourth-order valence-corrected chi connectivity index (χ4v) is 4.14. The van der Waals surface area contributed by atoms with Gasteiger partial charge < -0.3 is 19.5 Å². The fourth-order valence-electron chi connectivity index (χ4n) is 2.84. The number of para-hydroxylation sites is 2. The zero-order valence-electron chi connectivity index (χ0n) is 17.2. The molecule has 2 N–H and O–H groups in total. The van der Waals surface area contributed by atoms with Gasteiger partial charge in [0.25, 0.3) is 5.22 Å². The molecule has 0 saturated heterocycles. The number of nitrogens with zero attached hydrogens (tertiary/aromatic N) is 4. The number of ether oxygens (including phenoxy) is 1. The first kappa shape index (κ1) is 22.0. The number of esters is 1. The summed E-state index contributed by atoms with van der Waals surface area (Å²) in [5.41, 5.74) is 2.47. The number of imidazole rings is 1. The van der Waals surface area contributed by atoms with Gasteiger partial charge in [0, 0.05) is 18.2 Å². The average molecular weight is 473 g/mol. The molecule has 0 unspecified atom stereocenters. The molecule has 4 rings (SSSR count). The van der Waals surface area contributed by atoms with E-state index in [1.165, 1.54) is 11.3 Å². The van der Waals surface area contributed by atoms with Gasteiger partial charge in [-0.25, -0.2) is 9.97 Å². The molecule has 166 valence electrons. The first-order valence-corrected chi connectivity index (χ1v) is 11.7. The molecule has 0 bridgehead atoms. The van der Waals surface area contributed by atoms with Crippen molar-refractivity contribution >= 4 is 51.1 Å². The van der Waals surface area contributed by atoms with Gasteiger partial charge in [-0.15, -0.1) is 21.5 Å². The zero-order valence-corrected chi connectivity index (χ0v) is 18.8. The SMILES string of the molecule is CCOC(=O)Cc1csc(NC(=O)CSc2nnc(CCc3nc4ccccc4[nH]3)o2)n1. The second-order valence-corrected chi connectivity index (χ2v) is 8.41. The van der Waals surface area contributed by atoms with Crippen molar-refractivity contribution in [1.29, 1.82) is 0 Å². The van der Waals surface area contributed by atoms with E-state index in [9.17, 15) is 9.59 Å². The van der Waals surface area contributed by atoms with Crippen LogP contribution in [0, 0.1) is 0 Å². The molecule has 3 heterocycles. The highest BCUT2D eigenvalue weighted by atomic mass is 32.2. The van der Waals surface area contributed by atoms with Gasteiger partial charge in [0.05, 0.1) is 35.5 Å². The number of aryl methyl sites for hydroxylation is 2. The molecule has 0 fully saturated rings. The van der Waals surface area contributed by atoms with Crippen LogP contribution in [0.1, 0.15) is 24.3 Å². The largest absolute Gasteiger partial charge is 0.466 e. The summed E-state index contributed by atoms with van der Waals surface area (Å²) < 4.78 is 10.5. The highest BCUT2D eigenvalue weighted by Gasteiger charge is 2.13. The molecule has 1 aromatic carbocycles. The second-order valence-electron chi connectivity index (χ2n) is 6.62. The molecule has 0 radical (unpaired) electrons. The molecule has 1 amide bonds. The van der Waals surface area contributed by atoms with E-state index in [0.717, 1.165) is 28.6 Å². The smallest absolute Gasteiger partial charge is 0.311 e. The van der Waals surface area contributed by atoms with E-state index >= 15 is 0 Å². The van der Waals surface area contributed by atoms with Crippen LogP contribution in [0.4, 0.5) is 5.13 Å². The predicted molar refractivity (Wildman–Crippen MR) is 120 cm³/mol. The van der Waals surface area contributed by atoms with Crippen LogP contribution in [-0.2, 0) is 33.6 Å². The van der Waals surface area contributed by atoms with E-state index < -0.39 is 0 Å². The predicted octanol–water partition coefficient (Wildman–Crippen LogP) is 3.02. The number of amides is 1. The Morgan fingerprint density at radius 1 is 1.22 bits per heavy atom. The van der Waals surface area contributed by atoms with Gasteiger partial charge in [-0.3, -0.25) is 9.59 Å². The third-order valence-corrected chi connectivity index (χ3v) is 5.84. The maximum absolute atomic E-state index is 12.2. The topological polar surface area (TPSA) is 136 Å². The molecular formula is C20H20N6O4S2. The van der Waals surface area contributed by atoms with Gasteiger partial charge in [0.15, 0.2) is 5.13 Å². The molecule has 0 spiro atoms. The Kier molecular flexibility index (Phi) is 7.12. The van der Waals surface area contributed by atoms with Crippen molar-refractivity contribution in [2.24, 2.45) is 0 Å². The number of nitrogens with one attached hydrogen (secondary N) is 2. The minimum Gasteiger partial charge on any atom is -0.466 e. The van der Waals surface area contributed by atoms with Crippen molar-refractivity contribution in [3.05, 3.63) is 47.1 Å². The Balaban J connectivity index is 1.22. The minimum absolute atomic E-state index is 0.0771. The van der Waals surface area contributed by atoms with Crippen molar-refractivity contribution in [2.45, 2.75) is 31.4 Å². The summed E-state index contributed by atoms with van der Waals surface area (Å²) >= 11 is 2.39. The van der Waals surface area contributed by atoms with Crippen LogP contribution < -0.4 is 5.32 Å². The van der Waals surface area contributed by atoms with Gasteiger partial charge in [-0.1, -0.05) is 23.9 Å². The van der Waals surface area contributed by atoms with Crippen molar-refractivity contribution in [3.8, 4) is 0 Å². The number of rotatable bonds is 10. The zero-order chi connectivity index (χ0) is 22.3. The average Bonchev–Trinajstić information content (AvgIpc) is 3.50. The van der Waals surface area contributed by atoms with Crippen LogP contribution in [0.25, 0.3) is 11.0 Å². The van der Waals surface area contributed by atoms with Crippen LogP contribution in [0.2, 0.25) is 0 Å². The van der Waals surface area contributed by atoms with E-state index in [2.05, 4.69) is 30.5 Å². The highest BCUT2D eigenvalue weighted by molar-refractivity contribution is 7.99. The highest BCUT2D eigenvalue weighted by Crippen LogP contribution is 2.20. The first-order chi connectivity index (χ1) is 15.6. The van der Waals surface area contributed by atoms with Crippen molar-refractivity contribution in [2.75, 3.05) is 17.7 Å². The number of thioether (sulfide) groups is 1. The quantitative estimate of drug-likeness (QED) is 0.264. The number of aromatic amines is 1. The molecule has 0 aliphatic heterocycles. The van der Waals surface area contributed by atoms with E-state index in [0.29, 0.717) is 41.4 Å². The van der Waals surface area contributed by atoms with Gasteiger partial charge in [-0.05, 0) is 19.1 Å². The molecule has 0 atom stereocenters. The van der Waals surface area contributed by atoms with Gasteiger partial charge in [0.2, 0.25) is 11.8 Å². The summed E-state index contributed by atoms with van der Waals surface area (Å²) in [4.78, 5) is 35.7. The molecule has 12 heteroatoms. The lowest BCUT2D eigenvalue weighted by Gasteiger charge is -2.00. The van der Waals surface area contributed by atoms with Gasteiger partial charge >= 0.3 is 5.97 Å². The van der Waals surface area contributed by atoms with Crippen molar-refractivity contribution in [1.82, 2.24) is 25.1 Å². The molecule has 3 aromatic heterocycles. The molecular weight excluding hydrogens is 452 g/mol. The number of H-pyrrole nitrogens is 1. The number of carbonyl (C=O) groups excluding carboxylic acids is 2. The number of fused-ring (bicyclic) bond motifs is 1. The Morgan fingerprint density at radius 2 is 2.09 bits per heavy atom. The number of anilines is 1. The molecule has 0 aliphatic carbocycles. The standard InChI is InChI=1S/C20H20N6O4S2/c1-2-29-18(28)9-12-10-31-19(21-12)24-16(27)11-32-20-26-25-17(30-20)8-7-15-22-13-5-3-4-6-14(13)23-15/h3-6,10H,2,7-9,11H2,1H3,(H,22,23)(H,21,24,27). The number of hydrogen-bond acceptors (Lipinski definition) is 10. The third kappa shape index (κ3) is 5.92. The summed E-state index contributed by atoms with van der Waals surface area (Å²) in [6, 6.07) is 7.83. The van der Waals surface area contributed by atoms with E-state index in [-0.39, 0.29) is 24.1 Å². The summed E-state index contributed by atoms with van der Waals surface area (Å²) in [6.07, 6.45) is 1.26. The van der Waals surface area contributed by atoms with Crippen molar-refractivity contribution in [3.63, 3.8) is 0 Å². The van der Waals surface area contributed by atoms with Crippen LogP contribution in [-0.4, -0.2) is 49.4 Å². The van der Waals surface area contributed by atoms with E-state index in [4.69, 9.17) is 9.15 Å². The summed E-state index contributed by atoms with van der Waals surface area (Å²) in [6.45, 7) is 2.07. The van der Waals surface area contributed by atoms with Crippen LogP contribution in [0.5, 0.6) is 0 Å².